The number of nitrogens with zero attached hydrogens (tertiary/aromatic N) is 4. The molecule has 0 radical (unpaired) electrons. The average molecular weight is 881 g/mol. The summed E-state index contributed by atoms with van der Waals surface area (Å²) in [5.41, 5.74) is 4.94. The number of hydrogen-bond acceptors (Lipinski definition) is 14. The van der Waals surface area contributed by atoms with Gasteiger partial charge < -0.3 is 19.9 Å². The third-order valence-electron chi connectivity index (χ3n) is 10.9. The molecule has 0 spiro atoms. The van der Waals surface area contributed by atoms with E-state index in [1.54, 1.807) is 12.1 Å². The van der Waals surface area contributed by atoms with Gasteiger partial charge in [0.15, 0.2) is 5.71 Å². The minimum atomic E-state index is -4.01. The van der Waals surface area contributed by atoms with Crippen molar-refractivity contribution in [2.24, 2.45) is 0 Å². The second-order valence-corrected chi connectivity index (χ2v) is 18.5. The van der Waals surface area contributed by atoms with Crippen LogP contribution in [0.5, 0.6) is 0 Å². The highest BCUT2D eigenvalue weighted by molar-refractivity contribution is 7.94. The predicted octanol–water partition coefficient (Wildman–Crippen LogP) is 5.48. The molecule has 0 saturated carbocycles. The Morgan fingerprint density at radius 2 is 1.61 bits per heavy atom. The number of sulfonamides is 1. The molecule has 0 bridgehead atoms. The molecule has 3 aliphatic rings. The first-order chi connectivity index (χ1) is 29.0. The maximum Gasteiger partial charge on any atom is 0.333 e. The number of para-hydroxylation sites is 1. The molecule has 0 atom stereocenters. The molecule has 0 aliphatic carbocycles. The fraction of sp³-hybridized carbons (Fsp3) is 0.419. The van der Waals surface area contributed by atoms with Crippen LogP contribution in [0.1, 0.15) is 83.8 Å². The van der Waals surface area contributed by atoms with E-state index in [9.17, 15) is 32.9 Å². The molecule has 3 heterocycles. The molecular formula is C43H52N4O12S2. The van der Waals surface area contributed by atoms with Crippen LogP contribution in [0.15, 0.2) is 95.6 Å². The second kappa shape index (κ2) is 20.7. The first kappa shape index (κ1) is 47.1. The molecular weight excluding hydrogens is 829 g/mol. The van der Waals surface area contributed by atoms with Gasteiger partial charge in [0.1, 0.15) is 6.54 Å². The zero-order valence-electron chi connectivity index (χ0n) is 34.9. The van der Waals surface area contributed by atoms with Crippen LogP contribution in [0.4, 0.5) is 11.4 Å². The number of imide groups is 1. The monoisotopic (exact) mass is 880 g/mol. The van der Waals surface area contributed by atoms with Crippen molar-refractivity contribution in [2.45, 2.75) is 88.4 Å². The fourth-order valence-electron chi connectivity index (χ4n) is 7.74. The van der Waals surface area contributed by atoms with Gasteiger partial charge in [0.25, 0.3) is 17.8 Å². The Hall–Kier alpha value is -4.95. The summed E-state index contributed by atoms with van der Waals surface area (Å²) >= 11 is 1.03. The van der Waals surface area contributed by atoms with Gasteiger partial charge in [0.2, 0.25) is 15.7 Å². The first-order valence-corrected chi connectivity index (χ1v) is 22.2. The summed E-state index contributed by atoms with van der Waals surface area (Å²) in [7, 11) is -2.60. The van der Waals surface area contributed by atoms with Gasteiger partial charge in [-0.1, -0.05) is 67.5 Å². The molecule has 5 rings (SSSR count). The van der Waals surface area contributed by atoms with Crippen molar-refractivity contribution in [3.05, 3.63) is 102 Å². The molecule has 1 N–H and O–H groups in total. The van der Waals surface area contributed by atoms with Crippen LogP contribution in [0.2, 0.25) is 0 Å². The van der Waals surface area contributed by atoms with Gasteiger partial charge in [-0.05, 0) is 56.5 Å². The van der Waals surface area contributed by atoms with Crippen molar-refractivity contribution in [1.29, 1.82) is 0 Å². The SMILES string of the molecule is CN(CCCC(=O)ON1C(=O)CCC1=O)S(=O)(=O)c1ccc2c(c1)C(C)(C)C(=CC=CC=CC=CC1=[N+](CCCSOOO)c3ccccc3C1(C)C)N2CCCC(=O)O[O-]. The van der Waals surface area contributed by atoms with Gasteiger partial charge in [-0.2, -0.15) is 4.58 Å². The quantitative estimate of drug-likeness (QED) is 0.0315. The number of fused-ring (bicyclic) bond motifs is 2. The number of hydrogen-bond donors (Lipinski definition) is 1. The number of allylic oxidation sites excluding steroid dienone is 8. The lowest BCUT2D eigenvalue weighted by atomic mass is 9.81. The molecule has 2 amide bonds. The maximum absolute atomic E-state index is 13.8. The van der Waals surface area contributed by atoms with Crippen LogP contribution in [0.3, 0.4) is 0 Å². The number of hydroxylamine groups is 2. The van der Waals surface area contributed by atoms with Gasteiger partial charge in [0.05, 0.1) is 10.3 Å². The van der Waals surface area contributed by atoms with Crippen LogP contribution >= 0.6 is 12.0 Å². The summed E-state index contributed by atoms with van der Waals surface area (Å²) in [6, 6.07) is 13.2. The zero-order chi connectivity index (χ0) is 44.4. The predicted molar refractivity (Wildman–Crippen MR) is 225 cm³/mol. The second-order valence-electron chi connectivity index (χ2n) is 15.7. The van der Waals surface area contributed by atoms with Gasteiger partial charge in [-0.3, -0.25) is 14.4 Å². The average Bonchev–Trinajstić information content (AvgIpc) is 3.74. The lowest BCUT2D eigenvalue weighted by Gasteiger charge is -2.27. The normalized spacial score (nSPS) is 17.9. The number of rotatable bonds is 21. The number of anilines is 1. The summed E-state index contributed by atoms with van der Waals surface area (Å²) in [6.07, 6.45) is 14.5. The van der Waals surface area contributed by atoms with E-state index in [1.165, 1.54) is 18.7 Å². The molecule has 2 aromatic carbocycles. The largest absolute Gasteiger partial charge is 0.662 e. The van der Waals surface area contributed by atoms with E-state index in [0.717, 1.165) is 57.7 Å². The summed E-state index contributed by atoms with van der Waals surface area (Å²) in [5, 5.41) is 23.3. The third kappa shape index (κ3) is 10.9. The van der Waals surface area contributed by atoms with E-state index in [-0.39, 0.29) is 49.0 Å². The van der Waals surface area contributed by atoms with Gasteiger partial charge in [-0.25, -0.2) is 22.8 Å². The molecule has 0 aromatic heterocycles. The van der Waals surface area contributed by atoms with Crippen molar-refractivity contribution in [3.63, 3.8) is 0 Å². The van der Waals surface area contributed by atoms with E-state index in [0.29, 0.717) is 23.8 Å². The number of amides is 2. The van der Waals surface area contributed by atoms with Gasteiger partial charge in [0, 0.05) is 105 Å². The Bertz CT molecular complexity index is 2230. The summed E-state index contributed by atoms with van der Waals surface area (Å²) in [6.45, 7) is 9.42. The Balaban J connectivity index is 1.30. The summed E-state index contributed by atoms with van der Waals surface area (Å²) in [4.78, 5) is 58.1. The van der Waals surface area contributed by atoms with E-state index in [4.69, 9.17) is 10.1 Å². The summed E-state index contributed by atoms with van der Waals surface area (Å²) in [5.74, 6) is -2.24. The fourth-order valence-corrected chi connectivity index (χ4v) is 9.33. The van der Waals surface area contributed by atoms with Crippen LogP contribution in [0, 0.1) is 0 Å². The van der Waals surface area contributed by atoms with Gasteiger partial charge in [-0.15, -0.1) is 9.40 Å². The Morgan fingerprint density at radius 1 is 0.918 bits per heavy atom. The zero-order valence-corrected chi connectivity index (χ0v) is 36.5. The lowest BCUT2D eigenvalue weighted by molar-refractivity contribution is -0.657. The minimum Gasteiger partial charge on any atom is -0.662 e. The van der Waals surface area contributed by atoms with Crippen molar-refractivity contribution in [3.8, 4) is 0 Å². The molecule has 16 nitrogen and oxygen atoms in total. The number of benzene rings is 2. The summed E-state index contributed by atoms with van der Waals surface area (Å²) < 4.78 is 35.5. The first-order valence-electron chi connectivity index (χ1n) is 19.9. The van der Waals surface area contributed by atoms with Crippen molar-refractivity contribution in [2.75, 3.05) is 37.3 Å². The van der Waals surface area contributed by atoms with Crippen molar-refractivity contribution < 1.29 is 61.8 Å². The van der Waals surface area contributed by atoms with Crippen molar-refractivity contribution >= 4 is 62.9 Å². The highest BCUT2D eigenvalue weighted by atomic mass is 32.2. The van der Waals surface area contributed by atoms with Crippen LogP contribution in [-0.4, -0.2) is 89.5 Å². The molecule has 18 heteroatoms. The van der Waals surface area contributed by atoms with Crippen LogP contribution < -0.4 is 10.2 Å². The van der Waals surface area contributed by atoms with E-state index >= 15 is 0 Å². The topological polar surface area (TPSA) is 195 Å². The number of carbonyl (C=O) groups is 4. The van der Waals surface area contributed by atoms with Crippen molar-refractivity contribution in [1.82, 2.24) is 9.37 Å². The smallest absolute Gasteiger partial charge is 0.333 e. The third-order valence-corrected chi connectivity index (χ3v) is 13.4. The Kier molecular flexibility index (Phi) is 16.0. The van der Waals surface area contributed by atoms with E-state index in [1.807, 2.05) is 67.3 Å². The highest BCUT2D eigenvalue weighted by Gasteiger charge is 2.44. The van der Waals surface area contributed by atoms with Crippen LogP contribution in [-0.2, 0) is 59.1 Å². The standard InChI is InChI=1S/C43H52N4O12S2/c1-42(2)32-16-11-12-17-34(32)46(28-15-29-60-59-58-53)36(42)18-9-7-6-8-10-19-37-43(3,4)33-30-31(22-23-35(33)45(37)27-14-21-41(51)57-52)61(54,55)44(5)26-13-20-40(50)56-47-38(48)24-25-39(47)49/h6-12,16-19,22-23,30H,13-15,20-21,24-29H2,1-5H3,(H-,52,53). The highest BCUT2D eigenvalue weighted by Crippen LogP contribution is 2.49. The molecule has 2 aromatic rings. The van der Waals surface area contributed by atoms with E-state index < -0.39 is 39.2 Å². The molecule has 328 valence electrons. The van der Waals surface area contributed by atoms with Crippen LogP contribution in [0.25, 0.3) is 0 Å². The molecule has 0 unspecified atom stereocenters. The maximum atomic E-state index is 13.8. The molecule has 1 saturated heterocycles. The lowest BCUT2D eigenvalue weighted by Crippen LogP contribution is -2.32. The van der Waals surface area contributed by atoms with E-state index in [2.05, 4.69) is 50.9 Å². The molecule has 61 heavy (non-hydrogen) atoms. The molecule has 3 aliphatic heterocycles. The Morgan fingerprint density at radius 3 is 2.33 bits per heavy atom. The minimum absolute atomic E-state index is 0.0270. The number of carbonyl (C=O) groups excluding carboxylic acids is 4. The molecule has 1 fully saturated rings. The Labute approximate surface area is 360 Å². The van der Waals surface area contributed by atoms with Gasteiger partial charge >= 0.3 is 5.97 Å².